The summed E-state index contributed by atoms with van der Waals surface area (Å²) < 4.78 is 4.94. The van der Waals surface area contributed by atoms with Crippen LogP contribution in [0.1, 0.15) is 12.8 Å². The van der Waals surface area contributed by atoms with E-state index in [4.69, 9.17) is 0 Å². The van der Waals surface area contributed by atoms with Gasteiger partial charge in [-0.1, -0.05) is 0 Å². The molecule has 0 aromatic heterocycles. The summed E-state index contributed by atoms with van der Waals surface area (Å²) in [5, 5.41) is 3.42. The fourth-order valence-corrected chi connectivity index (χ4v) is 3.33. The van der Waals surface area contributed by atoms with Crippen LogP contribution >= 0.6 is 0 Å². The van der Waals surface area contributed by atoms with Crippen LogP contribution in [0.2, 0.25) is 0 Å². The van der Waals surface area contributed by atoms with Gasteiger partial charge in [-0.05, 0) is 0 Å². The molecule has 11 heavy (non-hydrogen) atoms. The van der Waals surface area contributed by atoms with Crippen molar-refractivity contribution < 1.29 is 24.7 Å². The van der Waals surface area contributed by atoms with Crippen molar-refractivity contribution in [2.24, 2.45) is 0 Å². The summed E-state index contributed by atoms with van der Waals surface area (Å²) in [5.74, 6) is 1.32. The minimum atomic E-state index is 0.250. The fourth-order valence-electron chi connectivity index (χ4n) is 1.45. The summed E-state index contributed by atoms with van der Waals surface area (Å²) in [4.78, 5) is 2.45. The molecule has 0 aromatic rings. The van der Waals surface area contributed by atoms with Crippen molar-refractivity contribution in [2.75, 3.05) is 24.1 Å². The van der Waals surface area contributed by atoms with Gasteiger partial charge >= 0.3 is 77.8 Å². The number of fused-ring (bicyclic) bond motifs is 1. The quantitative estimate of drug-likeness (QED) is 0.262. The first kappa shape index (κ1) is 7.64. The van der Waals surface area contributed by atoms with Crippen LogP contribution in [0, 0.1) is 0 Å². The molecule has 3 nitrogen and oxygen atoms in total. The average molecular weight is 267 g/mol. The SMILES string of the molecule is C1CNC2=[NH+][I-]CCCN2C1. The van der Waals surface area contributed by atoms with E-state index in [1.807, 2.05) is 0 Å². The van der Waals surface area contributed by atoms with Crippen LogP contribution in [0.25, 0.3) is 0 Å². The Morgan fingerprint density at radius 2 is 2.27 bits per heavy atom. The maximum atomic E-state index is 3.52. The first-order chi connectivity index (χ1) is 5.47. The monoisotopic (exact) mass is 267 g/mol. The molecule has 2 heterocycles. The third-order valence-electron chi connectivity index (χ3n) is 2.03. The molecule has 0 bridgehead atoms. The van der Waals surface area contributed by atoms with E-state index in [0.29, 0.717) is 0 Å². The molecule has 2 N–H and O–H groups in total. The van der Waals surface area contributed by atoms with Gasteiger partial charge in [0.1, 0.15) is 0 Å². The Balaban J connectivity index is 2.06. The van der Waals surface area contributed by atoms with Gasteiger partial charge in [-0.3, -0.25) is 0 Å². The standard InChI is InChI=1S/C7H14IN3/c1-3-8-10-7-9-4-2-6-11(7)5-1/h9-10H,1-6H2. The number of nitrogens with one attached hydrogen (secondary N) is 2. The van der Waals surface area contributed by atoms with Gasteiger partial charge in [-0.2, -0.15) is 0 Å². The first-order valence-corrected chi connectivity index (χ1v) is 6.77. The van der Waals surface area contributed by atoms with Crippen LogP contribution in [0.4, 0.5) is 0 Å². The maximum absolute atomic E-state index is 3.52. The van der Waals surface area contributed by atoms with Crippen molar-refractivity contribution >= 4 is 5.96 Å². The van der Waals surface area contributed by atoms with Gasteiger partial charge in [0.05, 0.1) is 0 Å². The van der Waals surface area contributed by atoms with E-state index in [2.05, 4.69) is 13.4 Å². The van der Waals surface area contributed by atoms with Crippen molar-refractivity contribution in [3.8, 4) is 0 Å². The van der Waals surface area contributed by atoms with Gasteiger partial charge in [0.2, 0.25) is 0 Å². The molecular formula is C7H14IN3. The van der Waals surface area contributed by atoms with E-state index in [1.165, 1.54) is 36.3 Å². The number of halogens is 1. The zero-order valence-corrected chi connectivity index (χ0v) is 8.73. The Kier molecular flexibility index (Phi) is 2.50. The van der Waals surface area contributed by atoms with Crippen LogP contribution in [0.3, 0.4) is 0 Å². The summed E-state index contributed by atoms with van der Waals surface area (Å²) in [6.45, 7) is 3.66. The fraction of sp³-hybridized carbons (Fsp3) is 0.857. The van der Waals surface area contributed by atoms with E-state index in [0.717, 1.165) is 6.54 Å². The van der Waals surface area contributed by atoms with Gasteiger partial charge in [-0.25, -0.2) is 0 Å². The van der Waals surface area contributed by atoms with E-state index in [1.54, 1.807) is 0 Å². The molecule has 64 valence electrons. The molecule has 4 heteroatoms. The van der Waals surface area contributed by atoms with E-state index in [9.17, 15) is 0 Å². The summed E-state index contributed by atoms with van der Waals surface area (Å²) in [6, 6.07) is 0. The number of alkyl halides is 1. The molecule has 0 saturated carbocycles. The molecule has 2 aliphatic heterocycles. The second kappa shape index (κ2) is 3.60. The van der Waals surface area contributed by atoms with Crippen molar-refractivity contribution in [1.82, 2.24) is 10.2 Å². The number of hydrogen-bond acceptors (Lipinski definition) is 2. The topological polar surface area (TPSA) is 29.2 Å². The predicted molar refractivity (Wildman–Crippen MR) is 39.6 cm³/mol. The molecule has 0 atom stereocenters. The number of hydrogen-bond donors (Lipinski definition) is 2. The Morgan fingerprint density at radius 1 is 1.36 bits per heavy atom. The van der Waals surface area contributed by atoms with Crippen LogP contribution in [-0.2, 0) is 0 Å². The second-order valence-electron chi connectivity index (χ2n) is 2.89. The molecule has 2 aliphatic rings. The molecule has 0 unspecified atom stereocenters. The molecule has 0 aromatic carbocycles. The number of nitrogens with zero attached hydrogens (tertiary/aromatic N) is 1. The molecule has 0 spiro atoms. The van der Waals surface area contributed by atoms with Gasteiger partial charge in [0.25, 0.3) is 0 Å². The Morgan fingerprint density at radius 3 is 3.27 bits per heavy atom. The van der Waals surface area contributed by atoms with Crippen LogP contribution in [0.15, 0.2) is 0 Å². The third-order valence-corrected chi connectivity index (χ3v) is 4.22. The number of rotatable bonds is 0. The van der Waals surface area contributed by atoms with Gasteiger partial charge in [0, 0.05) is 0 Å². The first-order valence-electron chi connectivity index (χ1n) is 4.17. The van der Waals surface area contributed by atoms with Gasteiger partial charge in [-0.15, -0.1) is 0 Å². The van der Waals surface area contributed by atoms with Gasteiger partial charge < -0.3 is 0 Å². The van der Waals surface area contributed by atoms with Crippen molar-refractivity contribution in [3.63, 3.8) is 0 Å². The van der Waals surface area contributed by atoms with Crippen LogP contribution in [0.5, 0.6) is 0 Å². The van der Waals surface area contributed by atoms with Gasteiger partial charge in [0.15, 0.2) is 0 Å². The summed E-state index contributed by atoms with van der Waals surface area (Å²) in [6.07, 6.45) is 2.68. The van der Waals surface area contributed by atoms with Crippen LogP contribution in [-0.4, -0.2) is 34.9 Å². The normalized spacial score (nSPS) is 25.5. The van der Waals surface area contributed by atoms with Crippen molar-refractivity contribution in [3.05, 3.63) is 0 Å². The molecule has 2 rings (SSSR count). The summed E-state index contributed by atoms with van der Waals surface area (Å²) in [5.41, 5.74) is 0. The second-order valence-corrected chi connectivity index (χ2v) is 5.27. The Labute approximate surface area is 77.9 Å². The summed E-state index contributed by atoms with van der Waals surface area (Å²) >= 11 is 0.250. The summed E-state index contributed by atoms with van der Waals surface area (Å²) in [7, 11) is 0. The Bertz CT molecular complexity index is 169. The van der Waals surface area contributed by atoms with Crippen LogP contribution < -0.4 is 30.0 Å². The average Bonchev–Trinajstić information content (AvgIpc) is 2.28. The molecule has 0 amide bonds. The zero-order chi connectivity index (χ0) is 7.52. The van der Waals surface area contributed by atoms with E-state index in [-0.39, 0.29) is 21.5 Å². The third kappa shape index (κ3) is 1.77. The van der Waals surface area contributed by atoms with E-state index >= 15 is 0 Å². The molecule has 0 aliphatic carbocycles. The zero-order valence-electron chi connectivity index (χ0n) is 6.57. The molecule has 1 saturated heterocycles. The minimum absolute atomic E-state index is 0.250. The van der Waals surface area contributed by atoms with E-state index < -0.39 is 0 Å². The van der Waals surface area contributed by atoms with Crippen molar-refractivity contribution in [2.45, 2.75) is 12.8 Å². The molecule has 1 fully saturated rings. The predicted octanol–water partition coefficient (Wildman–Crippen LogP) is -4.87. The Hall–Kier alpha value is -0.0000000000000000555. The molecular weight excluding hydrogens is 253 g/mol. The number of guanidine groups is 1. The van der Waals surface area contributed by atoms with Crippen molar-refractivity contribution in [1.29, 1.82) is 0 Å². The molecule has 0 radical (unpaired) electrons.